The maximum absolute atomic E-state index is 12.1. The molecule has 0 aliphatic heterocycles. The largest absolute Gasteiger partial charge is 0.439 e. The van der Waals surface area contributed by atoms with Gasteiger partial charge in [-0.2, -0.15) is 0 Å². The highest BCUT2D eigenvalue weighted by atomic mass is 35.5. The van der Waals surface area contributed by atoms with Gasteiger partial charge in [-0.3, -0.25) is 4.79 Å². The highest BCUT2D eigenvalue weighted by Gasteiger charge is 2.14. The van der Waals surface area contributed by atoms with Gasteiger partial charge in [0, 0.05) is 5.56 Å². The van der Waals surface area contributed by atoms with Gasteiger partial charge < -0.3 is 9.73 Å². The number of oxazole rings is 1. The fraction of sp³-hybridized carbons (Fsp3) is 0.0625. The Labute approximate surface area is 142 Å². The van der Waals surface area contributed by atoms with E-state index in [1.165, 1.54) is 12.1 Å². The smallest absolute Gasteiger partial charge is 0.271 e. The molecule has 0 saturated carbocycles. The summed E-state index contributed by atoms with van der Waals surface area (Å²) in [5.41, 5.74) is 0.978. The average molecular weight is 348 g/mol. The fourth-order valence-corrected chi connectivity index (χ4v) is 2.28. The van der Waals surface area contributed by atoms with E-state index in [1.54, 1.807) is 6.20 Å². The van der Waals surface area contributed by atoms with E-state index < -0.39 is 5.91 Å². The van der Waals surface area contributed by atoms with Crippen LogP contribution in [0.3, 0.4) is 0 Å². The molecule has 0 fully saturated rings. The third-order valence-electron chi connectivity index (χ3n) is 3.04. The first kappa shape index (κ1) is 15.5. The van der Waals surface area contributed by atoms with Crippen LogP contribution in [0.5, 0.6) is 0 Å². The van der Waals surface area contributed by atoms with Gasteiger partial charge in [-0.25, -0.2) is 9.97 Å². The molecule has 7 heteroatoms. The van der Waals surface area contributed by atoms with Gasteiger partial charge in [0.2, 0.25) is 5.89 Å². The zero-order chi connectivity index (χ0) is 16.2. The Bertz CT molecular complexity index is 834. The van der Waals surface area contributed by atoms with Crippen molar-refractivity contribution in [1.82, 2.24) is 15.3 Å². The second-order valence-corrected chi connectivity index (χ2v) is 5.43. The number of carbonyl (C=O) groups is 1. The number of hydrogen-bond donors (Lipinski definition) is 1. The molecule has 1 N–H and O–H groups in total. The lowest BCUT2D eigenvalue weighted by atomic mass is 10.2. The summed E-state index contributed by atoms with van der Waals surface area (Å²) in [6.07, 6.45) is 1.61. The number of rotatable bonds is 4. The molecule has 1 aromatic carbocycles. The summed E-state index contributed by atoms with van der Waals surface area (Å²) >= 11 is 11.7. The minimum absolute atomic E-state index is 0.0639. The molecule has 0 spiro atoms. The zero-order valence-electron chi connectivity index (χ0n) is 11.8. The van der Waals surface area contributed by atoms with Crippen LogP contribution in [0.15, 0.2) is 53.1 Å². The molecule has 3 aromatic rings. The van der Waals surface area contributed by atoms with Crippen LogP contribution in [0.25, 0.3) is 11.3 Å². The summed E-state index contributed by atoms with van der Waals surface area (Å²) < 4.78 is 5.60. The molecule has 0 aliphatic carbocycles. The second kappa shape index (κ2) is 6.81. The normalized spacial score (nSPS) is 10.5. The summed E-state index contributed by atoms with van der Waals surface area (Å²) in [5, 5.41) is 3.07. The number of nitrogens with one attached hydrogen (secondary N) is 1. The van der Waals surface area contributed by atoms with Crippen molar-refractivity contribution in [2.24, 2.45) is 0 Å². The Kier molecular flexibility index (Phi) is 4.60. The molecule has 2 heterocycles. The van der Waals surface area contributed by atoms with Crippen LogP contribution in [-0.2, 0) is 6.54 Å². The number of carbonyl (C=O) groups excluding carboxylic acids is 1. The molecular weight excluding hydrogens is 337 g/mol. The van der Waals surface area contributed by atoms with Gasteiger partial charge in [-0.15, -0.1) is 0 Å². The summed E-state index contributed by atoms with van der Waals surface area (Å²) in [4.78, 5) is 20.1. The highest BCUT2D eigenvalue weighted by molar-refractivity contribution is 6.34. The van der Waals surface area contributed by atoms with Crippen molar-refractivity contribution in [2.75, 3.05) is 0 Å². The number of hydrogen-bond acceptors (Lipinski definition) is 4. The molecule has 2 aromatic heterocycles. The number of amides is 1. The molecule has 0 unspecified atom stereocenters. The third-order valence-corrected chi connectivity index (χ3v) is 3.55. The van der Waals surface area contributed by atoms with Crippen molar-refractivity contribution in [2.45, 2.75) is 6.54 Å². The first-order chi connectivity index (χ1) is 11.1. The molecule has 0 atom stereocenters. The Balaban J connectivity index is 1.68. The Hall–Kier alpha value is -2.37. The highest BCUT2D eigenvalue weighted by Crippen LogP contribution is 2.20. The topological polar surface area (TPSA) is 68.0 Å². The van der Waals surface area contributed by atoms with E-state index in [-0.39, 0.29) is 22.4 Å². The molecular formula is C16H11Cl2N3O2. The first-order valence-corrected chi connectivity index (χ1v) is 7.49. The Morgan fingerprint density at radius 2 is 1.91 bits per heavy atom. The van der Waals surface area contributed by atoms with E-state index >= 15 is 0 Å². The van der Waals surface area contributed by atoms with Gasteiger partial charge in [-0.05, 0) is 12.1 Å². The van der Waals surface area contributed by atoms with Crippen LogP contribution >= 0.6 is 23.2 Å². The summed E-state index contributed by atoms with van der Waals surface area (Å²) in [6.45, 7) is 0.121. The molecule has 0 saturated heterocycles. The van der Waals surface area contributed by atoms with Crippen LogP contribution in [0.2, 0.25) is 10.2 Å². The van der Waals surface area contributed by atoms with Crippen molar-refractivity contribution in [3.63, 3.8) is 0 Å². The second-order valence-electron chi connectivity index (χ2n) is 4.63. The molecule has 3 rings (SSSR count). The minimum atomic E-state index is -0.447. The molecule has 116 valence electrons. The van der Waals surface area contributed by atoms with E-state index in [4.69, 9.17) is 27.6 Å². The molecule has 0 bridgehead atoms. The van der Waals surface area contributed by atoms with Crippen LogP contribution < -0.4 is 5.32 Å². The van der Waals surface area contributed by atoms with Crippen molar-refractivity contribution >= 4 is 29.1 Å². The zero-order valence-corrected chi connectivity index (χ0v) is 13.3. The molecule has 5 nitrogen and oxygen atoms in total. The summed E-state index contributed by atoms with van der Waals surface area (Å²) in [5.74, 6) is 0.570. The predicted molar refractivity (Wildman–Crippen MR) is 87.4 cm³/mol. The molecule has 0 aliphatic rings. The summed E-state index contributed by atoms with van der Waals surface area (Å²) in [6, 6.07) is 12.6. The van der Waals surface area contributed by atoms with E-state index in [0.29, 0.717) is 11.7 Å². The minimum Gasteiger partial charge on any atom is -0.439 e. The van der Waals surface area contributed by atoms with Gasteiger partial charge >= 0.3 is 0 Å². The Morgan fingerprint density at radius 3 is 2.70 bits per heavy atom. The average Bonchev–Trinajstić information content (AvgIpc) is 3.05. The third kappa shape index (κ3) is 3.70. The maximum Gasteiger partial charge on any atom is 0.271 e. The van der Waals surface area contributed by atoms with Crippen molar-refractivity contribution in [1.29, 1.82) is 0 Å². The number of pyridine rings is 1. The van der Waals surface area contributed by atoms with E-state index in [0.717, 1.165) is 5.56 Å². The monoisotopic (exact) mass is 347 g/mol. The number of nitrogens with zero attached hydrogens (tertiary/aromatic N) is 2. The van der Waals surface area contributed by atoms with Crippen LogP contribution in [-0.4, -0.2) is 15.9 Å². The van der Waals surface area contributed by atoms with Gasteiger partial charge in [0.05, 0.1) is 17.8 Å². The van der Waals surface area contributed by atoms with Gasteiger partial charge in [0.25, 0.3) is 5.91 Å². The summed E-state index contributed by atoms with van der Waals surface area (Å²) in [7, 11) is 0. The van der Waals surface area contributed by atoms with Crippen LogP contribution in [0.4, 0.5) is 0 Å². The van der Waals surface area contributed by atoms with E-state index in [2.05, 4.69) is 15.3 Å². The molecule has 1 amide bonds. The van der Waals surface area contributed by atoms with Crippen molar-refractivity contribution < 1.29 is 9.21 Å². The number of benzene rings is 1. The van der Waals surface area contributed by atoms with Crippen molar-refractivity contribution in [3.8, 4) is 11.3 Å². The lowest BCUT2D eigenvalue weighted by Crippen LogP contribution is -2.24. The molecule has 23 heavy (non-hydrogen) atoms. The molecule has 0 radical (unpaired) electrons. The van der Waals surface area contributed by atoms with Gasteiger partial charge in [0.1, 0.15) is 10.8 Å². The van der Waals surface area contributed by atoms with Crippen LogP contribution in [0, 0.1) is 0 Å². The van der Waals surface area contributed by atoms with E-state index in [1.807, 2.05) is 30.3 Å². The standard InChI is InChI=1S/C16H11Cl2N3O2/c17-11-6-7-13(18)21-15(11)16(22)20-9-14-19-8-12(23-14)10-4-2-1-3-5-10/h1-8H,9H2,(H,20,22). The number of halogens is 2. The van der Waals surface area contributed by atoms with Crippen molar-refractivity contribution in [3.05, 3.63) is 70.4 Å². The fourth-order valence-electron chi connectivity index (χ4n) is 1.95. The number of aromatic nitrogens is 2. The van der Waals surface area contributed by atoms with Gasteiger partial charge in [0.15, 0.2) is 5.76 Å². The maximum atomic E-state index is 12.1. The lowest BCUT2D eigenvalue weighted by molar-refractivity contribution is 0.0942. The predicted octanol–water partition coefficient (Wildman–Crippen LogP) is 3.97. The SMILES string of the molecule is O=C(NCc1ncc(-c2ccccc2)o1)c1nc(Cl)ccc1Cl. The van der Waals surface area contributed by atoms with Gasteiger partial charge in [-0.1, -0.05) is 53.5 Å². The van der Waals surface area contributed by atoms with Crippen LogP contribution in [0.1, 0.15) is 16.4 Å². The van der Waals surface area contributed by atoms with E-state index in [9.17, 15) is 4.79 Å². The first-order valence-electron chi connectivity index (χ1n) is 6.74. The Morgan fingerprint density at radius 1 is 1.13 bits per heavy atom. The quantitative estimate of drug-likeness (QED) is 0.725. The lowest BCUT2D eigenvalue weighted by Gasteiger charge is -2.04.